The van der Waals surface area contributed by atoms with E-state index in [1.165, 1.54) is 6.92 Å². The zero-order valence-electron chi connectivity index (χ0n) is 8.45. The molecular weight excluding hydrogens is 180 g/mol. The summed E-state index contributed by atoms with van der Waals surface area (Å²) >= 11 is 0. The minimum atomic E-state index is -0.00342. The molecular formula is C11H14O3. The minimum absolute atomic E-state index is 0.00342. The van der Waals surface area contributed by atoms with Gasteiger partial charge in [-0.3, -0.25) is 4.79 Å². The van der Waals surface area contributed by atoms with Crippen molar-refractivity contribution in [3.8, 4) is 11.5 Å². The monoisotopic (exact) mass is 194 g/mol. The SMILES string of the molecule is CCOc1ccccc1OCC(C)=O. The Balaban J connectivity index is 2.68. The Labute approximate surface area is 83.6 Å². The third-order valence-electron chi connectivity index (χ3n) is 1.58. The molecule has 1 aromatic carbocycles. The van der Waals surface area contributed by atoms with E-state index in [1.807, 2.05) is 25.1 Å². The Kier molecular flexibility index (Phi) is 3.98. The van der Waals surface area contributed by atoms with Gasteiger partial charge < -0.3 is 9.47 Å². The highest BCUT2D eigenvalue weighted by atomic mass is 16.5. The maximum absolute atomic E-state index is 10.7. The van der Waals surface area contributed by atoms with Crippen LogP contribution in [0.2, 0.25) is 0 Å². The van der Waals surface area contributed by atoms with E-state index in [4.69, 9.17) is 9.47 Å². The van der Waals surface area contributed by atoms with E-state index in [-0.39, 0.29) is 12.4 Å². The van der Waals surface area contributed by atoms with Crippen LogP contribution >= 0.6 is 0 Å². The fourth-order valence-electron chi connectivity index (χ4n) is 1.02. The van der Waals surface area contributed by atoms with E-state index < -0.39 is 0 Å². The summed E-state index contributed by atoms with van der Waals surface area (Å²) < 4.78 is 10.6. The molecule has 0 unspecified atom stereocenters. The average molecular weight is 194 g/mol. The number of hydrogen-bond donors (Lipinski definition) is 0. The summed E-state index contributed by atoms with van der Waals surface area (Å²) in [4.78, 5) is 10.7. The van der Waals surface area contributed by atoms with E-state index in [1.54, 1.807) is 6.07 Å². The normalized spacial score (nSPS) is 9.57. The molecule has 0 aliphatic rings. The summed E-state index contributed by atoms with van der Waals surface area (Å²) in [5, 5.41) is 0. The lowest BCUT2D eigenvalue weighted by Gasteiger charge is -2.09. The molecule has 0 spiro atoms. The van der Waals surface area contributed by atoms with E-state index in [9.17, 15) is 4.79 Å². The maximum atomic E-state index is 10.7. The third kappa shape index (κ3) is 3.09. The molecule has 0 aromatic heterocycles. The summed E-state index contributed by atoms with van der Waals surface area (Å²) in [6.07, 6.45) is 0. The number of benzene rings is 1. The second kappa shape index (κ2) is 5.27. The molecule has 1 aromatic rings. The van der Waals surface area contributed by atoms with Crippen LogP contribution in [0.25, 0.3) is 0 Å². The minimum Gasteiger partial charge on any atom is -0.490 e. The fraction of sp³-hybridized carbons (Fsp3) is 0.364. The number of rotatable bonds is 5. The Morgan fingerprint density at radius 3 is 2.29 bits per heavy atom. The van der Waals surface area contributed by atoms with Crippen LogP contribution < -0.4 is 9.47 Å². The van der Waals surface area contributed by atoms with Gasteiger partial charge >= 0.3 is 0 Å². The van der Waals surface area contributed by atoms with Gasteiger partial charge in [0.15, 0.2) is 17.3 Å². The first-order chi connectivity index (χ1) is 6.74. The Bertz CT molecular complexity index is 307. The van der Waals surface area contributed by atoms with Gasteiger partial charge in [-0.15, -0.1) is 0 Å². The number of para-hydroxylation sites is 2. The Morgan fingerprint density at radius 2 is 1.79 bits per heavy atom. The third-order valence-corrected chi connectivity index (χ3v) is 1.58. The highest BCUT2D eigenvalue weighted by Gasteiger charge is 2.03. The van der Waals surface area contributed by atoms with Gasteiger partial charge in [-0.1, -0.05) is 12.1 Å². The largest absolute Gasteiger partial charge is 0.490 e. The molecule has 0 saturated heterocycles. The average Bonchev–Trinajstić information content (AvgIpc) is 2.17. The van der Waals surface area contributed by atoms with Gasteiger partial charge in [0.1, 0.15) is 6.61 Å². The highest BCUT2D eigenvalue weighted by Crippen LogP contribution is 2.26. The lowest BCUT2D eigenvalue weighted by atomic mass is 10.3. The summed E-state index contributed by atoms with van der Waals surface area (Å²) in [5.74, 6) is 1.29. The van der Waals surface area contributed by atoms with Crippen molar-refractivity contribution >= 4 is 5.78 Å². The van der Waals surface area contributed by atoms with Gasteiger partial charge in [-0.05, 0) is 26.0 Å². The van der Waals surface area contributed by atoms with Crippen molar-refractivity contribution in [3.05, 3.63) is 24.3 Å². The van der Waals surface area contributed by atoms with Crippen molar-refractivity contribution < 1.29 is 14.3 Å². The molecule has 0 aliphatic heterocycles. The van der Waals surface area contributed by atoms with Crippen LogP contribution in [0.15, 0.2) is 24.3 Å². The van der Waals surface area contributed by atoms with Crippen molar-refractivity contribution in [2.75, 3.05) is 13.2 Å². The van der Waals surface area contributed by atoms with Crippen LogP contribution in [0.5, 0.6) is 11.5 Å². The summed E-state index contributed by atoms with van der Waals surface area (Å²) in [6.45, 7) is 4.07. The van der Waals surface area contributed by atoms with Crippen LogP contribution in [-0.2, 0) is 4.79 Å². The van der Waals surface area contributed by atoms with Gasteiger partial charge in [0.25, 0.3) is 0 Å². The molecule has 76 valence electrons. The van der Waals surface area contributed by atoms with Crippen molar-refractivity contribution in [1.29, 1.82) is 0 Å². The first-order valence-corrected chi connectivity index (χ1v) is 4.58. The van der Waals surface area contributed by atoms with Crippen LogP contribution in [0, 0.1) is 0 Å². The summed E-state index contributed by atoms with van der Waals surface area (Å²) in [7, 11) is 0. The maximum Gasteiger partial charge on any atom is 0.167 e. The molecule has 0 amide bonds. The standard InChI is InChI=1S/C11H14O3/c1-3-13-10-6-4-5-7-11(10)14-8-9(2)12/h4-7H,3,8H2,1-2H3. The van der Waals surface area contributed by atoms with Gasteiger partial charge in [-0.2, -0.15) is 0 Å². The van der Waals surface area contributed by atoms with E-state index in [0.29, 0.717) is 18.1 Å². The summed E-state index contributed by atoms with van der Waals surface area (Å²) in [6, 6.07) is 7.32. The van der Waals surface area contributed by atoms with Gasteiger partial charge in [-0.25, -0.2) is 0 Å². The molecule has 0 N–H and O–H groups in total. The van der Waals surface area contributed by atoms with Crippen molar-refractivity contribution in [3.63, 3.8) is 0 Å². The number of hydrogen-bond acceptors (Lipinski definition) is 3. The molecule has 3 nitrogen and oxygen atoms in total. The summed E-state index contributed by atoms with van der Waals surface area (Å²) in [5.41, 5.74) is 0. The zero-order chi connectivity index (χ0) is 10.4. The number of Topliss-reactive ketones (excluding diaryl/α,β-unsaturated/α-hetero) is 1. The first-order valence-electron chi connectivity index (χ1n) is 4.58. The van der Waals surface area contributed by atoms with Crippen molar-refractivity contribution in [2.24, 2.45) is 0 Å². The molecule has 0 saturated carbocycles. The van der Waals surface area contributed by atoms with Crippen LogP contribution in [0.3, 0.4) is 0 Å². The molecule has 14 heavy (non-hydrogen) atoms. The molecule has 1 rings (SSSR count). The second-order valence-electron chi connectivity index (χ2n) is 2.87. The number of ketones is 1. The highest BCUT2D eigenvalue weighted by molar-refractivity contribution is 5.77. The first kappa shape index (κ1) is 10.6. The number of carbonyl (C=O) groups is 1. The second-order valence-corrected chi connectivity index (χ2v) is 2.87. The van der Waals surface area contributed by atoms with Crippen LogP contribution in [0.1, 0.15) is 13.8 Å². The molecule has 0 radical (unpaired) electrons. The van der Waals surface area contributed by atoms with Crippen LogP contribution in [0.4, 0.5) is 0 Å². The van der Waals surface area contributed by atoms with Gasteiger partial charge in [0.05, 0.1) is 6.61 Å². The van der Waals surface area contributed by atoms with Crippen molar-refractivity contribution in [1.82, 2.24) is 0 Å². The van der Waals surface area contributed by atoms with E-state index in [0.717, 1.165) is 0 Å². The molecule has 0 atom stereocenters. The lowest BCUT2D eigenvalue weighted by molar-refractivity contribution is -0.118. The quantitative estimate of drug-likeness (QED) is 0.719. The molecule has 0 bridgehead atoms. The van der Waals surface area contributed by atoms with Crippen LogP contribution in [-0.4, -0.2) is 19.0 Å². The van der Waals surface area contributed by atoms with Gasteiger partial charge in [0.2, 0.25) is 0 Å². The molecule has 0 fully saturated rings. The topological polar surface area (TPSA) is 35.5 Å². The molecule has 0 aliphatic carbocycles. The van der Waals surface area contributed by atoms with E-state index in [2.05, 4.69) is 0 Å². The number of ether oxygens (including phenoxy) is 2. The number of carbonyl (C=O) groups excluding carboxylic acids is 1. The van der Waals surface area contributed by atoms with E-state index >= 15 is 0 Å². The van der Waals surface area contributed by atoms with Gasteiger partial charge in [0, 0.05) is 0 Å². The molecule has 0 heterocycles. The smallest absolute Gasteiger partial charge is 0.167 e. The van der Waals surface area contributed by atoms with Crippen molar-refractivity contribution in [2.45, 2.75) is 13.8 Å². The molecule has 3 heteroatoms. The fourth-order valence-corrected chi connectivity index (χ4v) is 1.02. The Morgan fingerprint density at radius 1 is 1.21 bits per heavy atom. The predicted molar refractivity (Wildman–Crippen MR) is 53.8 cm³/mol. The predicted octanol–water partition coefficient (Wildman–Crippen LogP) is 2.05. The lowest BCUT2D eigenvalue weighted by Crippen LogP contribution is -2.07. The zero-order valence-corrected chi connectivity index (χ0v) is 8.45. The Hall–Kier alpha value is -1.51.